The Kier molecular flexibility index (Phi) is 7.26. The first-order valence-corrected chi connectivity index (χ1v) is 10.3. The summed E-state index contributed by atoms with van der Waals surface area (Å²) in [4.78, 5) is 47.2. The minimum Gasteiger partial charge on any atom is -0.548 e. The van der Waals surface area contributed by atoms with Gasteiger partial charge >= 0.3 is 29.6 Å². The van der Waals surface area contributed by atoms with Crippen molar-refractivity contribution in [3.05, 3.63) is 11.1 Å². The zero-order valence-corrected chi connectivity index (χ0v) is 20.3. The van der Waals surface area contributed by atoms with Gasteiger partial charge in [0.05, 0.1) is 12.0 Å². The second kappa shape index (κ2) is 8.80. The molecule has 3 atom stereocenters. The molecule has 0 bridgehead atoms. The number of aromatic nitrogens is 1. The van der Waals surface area contributed by atoms with Gasteiger partial charge in [0.15, 0.2) is 10.8 Å². The number of oxime groups is 1. The van der Waals surface area contributed by atoms with Gasteiger partial charge in [-0.2, -0.15) is 0 Å². The molecule has 0 saturated carbocycles. The predicted octanol–water partition coefficient (Wildman–Crippen LogP) is -3.84. The Bertz CT molecular complexity index is 859. The normalized spacial score (nSPS) is 25.1. The number of carboxylic acid groups (broad SMARTS) is 1. The van der Waals surface area contributed by atoms with Crippen LogP contribution in [0.25, 0.3) is 0 Å². The van der Waals surface area contributed by atoms with Gasteiger partial charge < -0.3 is 30.7 Å². The molecule has 0 unspecified atom stereocenters. The molecule has 13 heteroatoms. The van der Waals surface area contributed by atoms with Crippen LogP contribution in [-0.2, 0) is 19.2 Å². The number of carbonyl (C=O) groups is 3. The summed E-state index contributed by atoms with van der Waals surface area (Å²) in [5.74, 6) is -2.45. The van der Waals surface area contributed by atoms with Crippen LogP contribution >= 0.6 is 23.1 Å². The molecular weight excluding hydrogens is 429 g/mol. The van der Waals surface area contributed by atoms with E-state index in [-0.39, 0.29) is 52.2 Å². The van der Waals surface area contributed by atoms with Crippen LogP contribution in [0.5, 0.6) is 0 Å². The number of thiazole rings is 1. The summed E-state index contributed by atoms with van der Waals surface area (Å²) in [7, 11) is 0. The number of amides is 2. The number of β-lactam (4-membered cyclic amide) rings is 1. The summed E-state index contributed by atoms with van der Waals surface area (Å²) in [6, 6.07) is -1.93. The number of nitrogens with one attached hydrogen (secondary N) is 1. The number of hydrogen-bond donors (Lipinski definition) is 2. The van der Waals surface area contributed by atoms with Crippen molar-refractivity contribution in [3.63, 3.8) is 0 Å². The number of thioether (sulfide) groups is 1. The Balaban J connectivity index is 0.00000300. The quantitative estimate of drug-likeness (QED) is 0.194. The molecule has 0 aromatic carbocycles. The molecule has 2 amide bonds. The van der Waals surface area contributed by atoms with E-state index in [1.165, 1.54) is 16.7 Å². The third-order valence-corrected chi connectivity index (χ3v) is 6.53. The number of aliphatic carboxylic acids is 1. The van der Waals surface area contributed by atoms with E-state index >= 15 is 0 Å². The fraction of sp³-hybridized carbons (Fsp3) is 0.562. The van der Waals surface area contributed by atoms with Crippen LogP contribution in [-0.4, -0.2) is 61.7 Å². The SMILES string of the molecule is CC(C)O/N=C(\C(=O)N[C@H]1C(=O)N2[C@@H]1SC(C)(C)[C@@H]2C(=O)[O-])c1csc(N)n1.[Na+]. The molecule has 29 heavy (non-hydrogen) atoms. The number of rotatable bonds is 6. The molecule has 2 fully saturated rings. The van der Waals surface area contributed by atoms with Crippen molar-refractivity contribution in [1.82, 2.24) is 15.2 Å². The molecule has 0 spiro atoms. The molecule has 3 rings (SSSR count). The fourth-order valence-corrected chi connectivity index (χ4v) is 5.26. The van der Waals surface area contributed by atoms with E-state index in [9.17, 15) is 19.5 Å². The second-order valence-electron chi connectivity index (χ2n) is 7.20. The second-order valence-corrected chi connectivity index (χ2v) is 9.86. The van der Waals surface area contributed by atoms with Crippen molar-refractivity contribution in [3.8, 4) is 0 Å². The molecule has 0 radical (unpaired) electrons. The first-order chi connectivity index (χ1) is 13.0. The number of carbonyl (C=O) groups excluding carboxylic acids is 3. The largest absolute Gasteiger partial charge is 1.00 e. The Morgan fingerprint density at radius 3 is 2.62 bits per heavy atom. The summed E-state index contributed by atoms with van der Waals surface area (Å²) in [5.41, 5.74) is 5.76. The zero-order chi connectivity index (χ0) is 20.8. The van der Waals surface area contributed by atoms with E-state index in [1.54, 1.807) is 33.1 Å². The fourth-order valence-electron chi connectivity index (χ4n) is 3.10. The topological polar surface area (TPSA) is 150 Å². The van der Waals surface area contributed by atoms with E-state index in [4.69, 9.17) is 10.6 Å². The maximum atomic E-state index is 12.8. The van der Waals surface area contributed by atoms with Crippen molar-refractivity contribution in [1.29, 1.82) is 0 Å². The van der Waals surface area contributed by atoms with Gasteiger partial charge in [-0.25, -0.2) is 4.98 Å². The number of nitrogens with two attached hydrogens (primary N) is 1. The molecule has 2 aliphatic heterocycles. The molecule has 3 heterocycles. The summed E-state index contributed by atoms with van der Waals surface area (Å²) >= 11 is 2.44. The molecule has 0 aliphatic carbocycles. The Labute approximate surface area is 197 Å². The monoisotopic (exact) mass is 449 g/mol. The van der Waals surface area contributed by atoms with Crippen LogP contribution in [0.1, 0.15) is 33.4 Å². The molecule has 2 aliphatic rings. The molecular formula is C16H20N5NaO5S2. The van der Waals surface area contributed by atoms with Crippen LogP contribution in [0.15, 0.2) is 10.5 Å². The van der Waals surface area contributed by atoms with Gasteiger partial charge in [0, 0.05) is 10.1 Å². The van der Waals surface area contributed by atoms with Gasteiger partial charge in [-0.05, 0) is 27.7 Å². The van der Waals surface area contributed by atoms with E-state index in [1.807, 2.05) is 0 Å². The molecule has 3 N–H and O–H groups in total. The third-order valence-electron chi connectivity index (χ3n) is 4.29. The van der Waals surface area contributed by atoms with E-state index in [2.05, 4.69) is 15.5 Å². The number of carboxylic acids is 1. The maximum absolute atomic E-state index is 12.8. The van der Waals surface area contributed by atoms with Crippen molar-refractivity contribution in [2.24, 2.45) is 5.16 Å². The Hall–Kier alpha value is -1.34. The minimum absolute atomic E-state index is 0. The van der Waals surface area contributed by atoms with Gasteiger partial charge in [0.25, 0.3) is 5.91 Å². The van der Waals surface area contributed by atoms with Gasteiger partial charge in [-0.3, -0.25) is 9.59 Å². The average molecular weight is 449 g/mol. The summed E-state index contributed by atoms with van der Waals surface area (Å²) in [5, 5.41) is 19.3. The van der Waals surface area contributed by atoms with Gasteiger partial charge in [0.2, 0.25) is 5.91 Å². The number of hydrogen-bond acceptors (Lipinski definition) is 10. The van der Waals surface area contributed by atoms with Gasteiger partial charge in [-0.15, -0.1) is 23.1 Å². The number of fused-ring (bicyclic) bond motifs is 1. The van der Waals surface area contributed by atoms with Crippen molar-refractivity contribution in [2.45, 2.75) is 56.0 Å². The summed E-state index contributed by atoms with van der Waals surface area (Å²) in [6.45, 7) is 6.95. The van der Waals surface area contributed by atoms with E-state index in [0.717, 1.165) is 11.3 Å². The molecule has 152 valence electrons. The van der Waals surface area contributed by atoms with Crippen LogP contribution in [0.3, 0.4) is 0 Å². The molecule has 2 saturated heterocycles. The number of nitrogen functional groups attached to an aromatic ring is 1. The Morgan fingerprint density at radius 2 is 2.10 bits per heavy atom. The van der Waals surface area contributed by atoms with Gasteiger partial charge in [-0.1, -0.05) is 5.16 Å². The maximum Gasteiger partial charge on any atom is 1.00 e. The first kappa shape index (κ1) is 23.9. The van der Waals surface area contributed by atoms with Gasteiger partial charge in [0.1, 0.15) is 23.2 Å². The molecule has 1 aromatic heterocycles. The molecule has 1 aromatic rings. The van der Waals surface area contributed by atoms with Crippen LogP contribution < -0.4 is 45.7 Å². The van der Waals surface area contributed by atoms with Crippen molar-refractivity contribution >= 4 is 51.7 Å². The number of anilines is 1. The van der Waals surface area contributed by atoms with E-state index in [0.29, 0.717) is 0 Å². The van der Waals surface area contributed by atoms with Crippen molar-refractivity contribution in [2.75, 3.05) is 5.73 Å². The van der Waals surface area contributed by atoms with E-state index < -0.39 is 40.0 Å². The molecule has 10 nitrogen and oxygen atoms in total. The standard InChI is InChI=1S/C16H21N5O5S2.Na/c1-6(2)26-20-8(7-5-27-15(17)18-7)11(22)19-9-12(23)21-10(14(24)25)16(3,4)28-13(9)21;/h5-6,9-10,13H,1-4H3,(H2,17,18)(H,19,22)(H,24,25);/q;+1/p-1/b20-8-;/t9-,10-,13+;/m0./s1. The van der Waals surface area contributed by atoms with Crippen LogP contribution in [0.4, 0.5) is 5.13 Å². The third kappa shape index (κ3) is 4.55. The van der Waals surface area contributed by atoms with Crippen molar-refractivity contribution < 1.29 is 53.9 Å². The smallest absolute Gasteiger partial charge is 0.548 e. The zero-order valence-electron chi connectivity index (χ0n) is 16.7. The summed E-state index contributed by atoms with van der Waals surface area (Å²) < 4.78 is -0.736. The Morgan fingerprint density at radius 1 is 1.45 bits per heavy atom. The predicted molar refractivity (Wildman–Crippen MR) is 102 cm³/mol. The van der Waals surface area contributed by atoms with Crippen LogP contribution in [0.2, 0.25) is 0 Å². The first-order valence-electron chi connectivity index (χ1n) is 8.50. The number of nitrogens with zero attached hydrogens (tertiary/aromatic N) is 3. The minimum atomic E-state index is -1.32. The van der Waals surface area contributed by atoms with Crippen LogP contribution in [0, 0.1) is 0 Å². The average Bonchev–Trinajstić information content (AvgIpc) is 3.11. The summed E-state index contributed by atoms with van der Waals surface area (Å²) in [6.07, 6.45) is -0.269.